The summed E-state index contributed by atoms with van der Waals surface area (Å²) in [6.07, 6.45) is 1.07. The van der Waals surface area contributed by atoms with E-state index in [1.54, 1.807) is 18.9 Å². The number of benzene rings is 1. The van der Waals surface area contributed by atoms with Gasteiger partial charge in [-0.1, -0.05) is 6.92 Å². The number of aromatic nitrogens is 4. The molecule has 0 aliphatic carbocycles. The van der Waals surface area contributed by atoms with Crippen LogP contribution in [-0.4, -0.2) is 41.0 Å². The molecule has 0 aliphatic heterocycles. The van der Waals surface area contributed by atoms with E-state index in [1.165, 1.54) is 0 Å². The van der Waals surface area contributed by atoms with Gasteiger partial charge in [-0.25, -0.2) is 0 Å². The molecule has 0 amide bonds. The van der Waals surface area contributed by atoms with Crippen molar-refractivity contribution in [2.75, 3.05) is 20.8 Å². The number of nitrogens with zero attached hydrogens (tertiary/aromatic N) is 4. The number of methoxy groups -OCH3 is 2. The highest BCUT2D eigenvalue weighted by molar-refractivity contribution is 5.48. The number of nitrogens with one attached hydrogen (secondary N) is 1. The summed E-state index contributed by atoms with van der Waals surface area (Å²) < 4.78 is 12.2. The fourth-order valence-electron chi connectivity index (χ4n) is 1.85. The fourth-order valence-corrected chi connectivity index (χ4v) is 1.85. The van der Waals surface area contributed by atoms with E-state index in [0.717, 1.165) is 24.5 Å². The third-order valence-electron chi connectivity index (χ3n) is 2.86. The molecular formula is C13H19N5O2. The first kappa shape index (κ1) is 14.3. The number of tetrazole rings is 1. The van der Waals surface area contributed by atoms with E-state index in [1.807, 2.05) is 18.2 Å². The second-order valence-corrected chi connectivity index (χ2v) is 4.22. The number of ether oxygens (including phenoxy) is 2. The third-order valence-corrected chi connectivity index (χ3v) is 2.86. The van der Waals surface area contributed by atoms with Crippen molar-refractivity contribution < 1.29 is 9.47 Å². The summed E-state index contributed by atoms with van der Waals surface area (Å²) in [5, 5.41) is 15.1. The summed E-state index contributed by atoms with van der Waals surface area (Å²) in [5.41, 5.74) is 0.834. The van der Waals surface area contributed by atoms with Gasteiger partial charge in [-0.05, 0) is 35.5 Å². The van der Waals surface area contributed by atoms with Crippen molar-refractivity contribution in [3.8, 4) is 17.2 Å². The van der Waals surface area contributed by atoms with Gasteiger partial charge in [-0.15, -0.1) is 5.10 Å². The highest BCUT2D eigenvalue weighted by Gasteiger charge is 2.11. The lowest BCUT2D eigenvalue weighted by atomic mass is 10.2. The van der Waals surface area contributed by atoms with Crippen molar-refractivity contribution in [2.45, 2.75) is 19.9 Å². The largest absolute Gasteiger partial charge is 0.493 e. The van der Waals surface area contributed by atoms with Gasteiger partial charge in [0.2, 0.25) is 0 Å². The fraction of sp³-hybridized carbons (Fsp3) is 0.462. The maximum Gasteiger partial charge on any atom is 0.170 e. The summed E-state index contributed by atoms with van der Waals surface area (Å²) in [4.78, 5) is 0. The zero-order chi connectivity index (χ0) is 14.4. The van der Waals surface area contributed by atoms with E-state index in [2.05, 4.69) is 27.8 Å². The Labute approximate surface area is 117 Å². The molecule has 2 aromatic rings. The molecule has 0 saturated heterocycles. The quantitative estimate of drug-likeness (QED) is 0.766. The monoisotopic (exact) mass is 277 g/mol. The van der Waals surface area contributed by atoms with Crippen LogP contribution in [-0.2, 0) is 6.54 Å². The molecule has 1 aromatic heterocycles. The second kappa shape index (κ2) is 6.85. The zero-order valence-corrected chi connectivity index (χ0v) is 12.0. The first-order valence-electron chi connectivity index (χ1n) is 6.50. The topological polar surface area (TPSA) is 74.1 Å². The van der Waals surface area contributed by atoms with Gasteiger partial charge in [0.05, 0.1) is 26.5 Å². The van der Waals surface area contributed by atoms with Crippen molar-refractivity contribution in [1.82, 2.24) is 25.5 Å². The van der Waals surface area contributed by atoms with Crippen LogP contribution in [0.25, 0.3) is 5.69 Å². The number of hydrogen-bond acceptors (Lipinski definition) is 6. The predicted octanol–water partition coefficient (Wildman–Crippen LogP) is 1.18. The van der Waals surface area contributed by atoms with Gasteiger partial charge in [-0.2, -0.15) is 4.68 Å². The van der Waals surface area contributed by atoms with Gasteiger partial charge in [-0.3, -0.25) is 0 Å². The van der Waals surface area contributed by atoms with E-state index in [-0.39, 0.29) is 0 Å². The van der Waals surface area contributed by atoms with Crippen LogP contribution in [0.4, 0.5) is 0 Å². The van der Waals surface area contributed by atoms with Crippen molar-refractivity contribution in [3.05, 3.63) is 24.0 Å². The van der Waals surface area contributed by atoms with Gasteiger partial charge in [0.1, 0.15) is 0 Å². The molecule has 0 bridgehead atoms. The standard InChI is InChI=1S/C13H19N5O2/c1-4-7-14-9-13-15-16-17-18(13)10-5-6-11(19-2)12(8-10)20-3/h5-6,8,14H,4,7,9H2,1-3H3. The Bertz CT molecular complexity index is 555. The first-order valence-corrected chi connectivity index (χ1v) is 6.50. The highest BCUT2D eigenvalue weighted by Crippen LogP contribution is 2.28. The molecule has 0 radical (unpaired) electrons. The molecule has 0 aliphatic rings. The average Bonchev–Trinajstić information content (AvgIpc) is 2.95. The van der Waals surface area contributed by atoms with Crippen molar-refractivity contribution in [3.63, 3.8) is 0 Å². The Morgan fingerprint density at radius 2 is 2.00 bits per heavy atom. The molecule has 1 aromatic carbocycles. The summed E-state index contributed by atoms with van der Waals surface area (Å²) in [7, 11) is 3.21. The number of rotatable bonds is 7. The van der Waals surface area contributed by atoms with Crippen molar-refractivity contribution in [2.24, 2.45) is 0 Å². The summed E-state index contributed by atoms with van der Waals surface area (Å²) in [6.45, 7) is 3.66. The Morgan fingerprint density at radius 1 is 1.20 bits per heavy atom. The SMILES string of the molecule is CCCNCc1nnnn1-c1ccc(OC)c(OC)c1. The lowest BCUT2D eigenvalue weighted by Gasteiger charge is -2.10. The Hall–Kier alpha value is -2.15. The predicted molar refractivity (Wildman–Crippen MR) is 74.3 cm³/mol. The van der Waals surface area contributed by atoms with Crippen LogP contribution < -0.4 is 14.8 Å². The normalized spacial score (nSPS) is 10.6. The van der Waals surface area contributed by atoms with Crippen LogP contribution in [0.15, 0.2) is 18.2 Å². The van der Waals surface area contributed by atoms with Gasteiger partial charge in [0, 0.05) is 6.07 Å². The van der Waals surface area contributed by atoms with Crippen LogP contribution in [0, 0.1) is 0 Å². The van der Waals surface area contributed by atoms with Crippen molar-refractivity contribution >= 4 is 0 Å². The minimum atomic E-state index is 0.620. The van der Waals surface area contributed by atoms with Gasteiger partial charge >= 0.3 is 0 Å². The summed E-state index contributed by atoms with van der Waals surface area (Å²) in [6, 6.07) is 5.57. The smallest absolute Gasteiger partial charge is 0.170 e. The Morgan fingerprint density at radius 3 is 2.70 bits per heavy atom. The highest BCUT2D eigenvalue weighted by atomic mass is 16.5. The second-order valence-electron chi connectivity index (χ2n) is 4.22. The van der Waals surface area contributed by atoms with Crippen molar-refractivity contribution in [1.29, 1.82) is 0 Å². The molecule has 1 N–H and O–H groups in total. The maximum absolute atomic E-state index is 5.29. The van der Waals surface area contributed by atoms with Gasteiger partial charge in [0.15, 0.2) is 17.3 Å². The third kappa shape index (κ3) is 3.05. The Kier molecular flexibility index (Phi) is 4.89. The molecule has 7 heteroatoms. The van der Waals surface area contributed by atoms with E-state index in [9.17, 15) is 0 Å². The van der Waals surface area contributed by atoms with E-state index in [0.29, 0.717) is 18.0 Å². The molecule has 20 heavy (non-hydrogen) atoms. The minimum Gasteiger partial charge on any atom is -0.493 e. The Balaban J connectivity index is 2.25. The van der Waals surface area contributed by atoms with Gasteiger partial charge < -0.3 is 14.8 Å². The van der Waals surface area contributed by atoms with E-state index in [4.69, 9.17) is 9.47 Å². The lowest BCUT2D eigenvalue weighted by molar-refractivity contribution is 0.354. The molecule has 2 rings (SSSR count). The lowest BCUT2D eigenvalue weighted by Crippen LogP contribution is -2.17. The molecule has 0 unspecified atom stereocenters. The minimum absolute atomic E-state index is 0.620. The molecule has 7 nitrogen and oxygen atoms in total. The zero-order valence-electron chi connectivity index (χ0n) is 12.0. The average molecular weight is 277 g/mol. The summed E-state index contributed by atoms with van der Waals surface area (Å²) >= 11 is 0. The molecular weight excluding hydrogens is 258 g/mol. The molecule has 0 atom stereocenters. The maximum atomic E-state index is 5.29. The number of hydrogen-bond donors (Lipinski definition) is 1. The van der Waals surface area contributed by atoms with Crippen LogP contribution in [0.1, 0.15) is 19.2 Å². The van der Waals surface area contributed by atoms with Crippen LogP contribution >= 0.6 is 0 Å². The molecule has 0 saturated carbocycles. The first-order chi connectivity index (χ1) is 9.80. The van der Waals surface area contributed by atoms with Crippen LogP contribution in [0.5, 0.6) is 11.5 Å². The molecule has 0 fully saturated rings. The van der Waals surface area contributed by atoms with E-state index >= 15 is 0 Å². The van der Waals surface area contributed by atoms with E-state index < -0.39 is 0 Å². The molecule has 0 spiro atoms. The van der Waals surface area contributed by atoms with Gasteiger partial charge in [0.25, 0.3) is 0 Å². The summed E-state index contributed by atoms with van der Waals surface area (Å²) in [5.74, 6) is 2.08. The van der Waals surface area contributed by atoms with Crippen LogP contribution in [0.2, 0.25) is 0 Å². The van der Waals surface area contributed by atoms with Crippen LogP contribution in [0.3, 0.4) is 0 Å². The molecule has 108 valence electrons. The molecule has 1 heterocycles.